The normalized spacial score (nSPS) is 22.5. The minimum Gasteiger partial charge on any atom is -0.496 e. The molecule has 2 aliphatic rings. The highest BCUT2D eigenvalue weighted by Gasteiger charge is 2.58. The third kappa shape index (κ3) is 3.55. The molecule has 3 aromatic rings. The van der Waals surface area contributed by atoms with Crippen LogP contribution in [0, 0.1) is 12.3 Å². The number of hydrogen-bond donors (Lipinski definition) is 2. The number of hydrogen-bond acceptors (Lipinski definition) is 3. The van der Waals surface area contributed by atoms with Crippen molar-refractivity contribution in [3.05, 3.63) is 63.7 Å². The highest BCUT2D eigenvalue weighted by Crippen LogP contribution is 2.60. The summed E-state index contributed by atoms with van der Waals surface area (Å²) in [5.74, 6) is -1.71. The Morgan fingerprint density at radius 2 is 2.03 bits per heavy atom. The lowest BCUT2D eigenvalue weighted by Crippen LogP contribution is -2.53. The summed E-state index contributed by atoms with van der Waals surface area (Å²) in [6, 6.07) is 7.40. The Kier molecular flexibility index (Phi) is 4.70. The van der Waals surface area contributed by atoms with Gasteiger partial charge in [0.05, 0.1) is 7.11 Å². The molecule has 2 aromatic heterocycles. The number of aromatic nitrogens is 2. The molecule has 1 aliphatic heterocycles. The molecular formula is C24H27F2N3O2. The predicted octanol–water partition coefficient (Wildman–Crippen LogP) is 4.93. The molecule has 5 nitrogen and oxygen atoms in total. The average molecular weight is 427 g/mol. The van der Waals surface area contributed by atoms with Gasteiger partial charge in [-0.15, -0.1) is 0 Å². The SMILES string of the molecule is COc1cc(C)c2[nH]ccc2c1CN1CCC2(CC1c1ccc(=O)[nH]c1)CC(F)(F)C2. The number of nitrogens with zero attached hydrogens (tertiary/aromatic N) is 1. The number of nitrogens with one attached hydrogen (secondary N) is 2. The van der Waals surface area contributed by atoms with Gasteiger partial charge in [-0.2, -0.15) is 0 Å². The fourth-order valence-corrected chi connectivity index (χ4v) is 5.68. The van der Waals surface area contributed by atoms with Crippen LogP contribution in [-0.2, 0) is 6.54 Å². The number of methoxy groups -OCH3 is 1. The Bertz CT molecular complexity index is 1150. The predicted molar refractivity (Wildman–Crippen MR) is 116 cm³/mol. The summed E-state index contributed by atoms with van der Waals surface area (Å²) in [7, 11) is 1.68. The Morgan fingerprint density at radius 3 is 2.71 bits per heavy atom. The van der Waals surface area contributed by atoms with Gasteiger partial charge in [0.2, 0.25) is 11.5 Å². The second kappa shape index (κ2) is 7.19. The summed E-state index contributed by atoms with van der Waals surface area (Å²) in [6.07, 6.45) is 5.01. The lowest BCUT2D eigenvalue weighted by Gasteiger charge is -2.54. The van der Waals surface area contributed by atoms with E-state index >= 15 is 0 Å². The fourth-order valence-electron chi connectivity index (χ4n) is 5.68. The van der Waals surface area contributed by atoms with Crippen molar-refractivity contribution >= 4 is 10.9 Å². The van der Waals surface area contributed by atoms with Crippen LogP contribution in [0.1, 0.15) is 48.4 Å². The Balaban J connectivity index is 1.51. The van der Waals surface area contributed by atoms with Crippen molar-refractivity contribution in [3.8, 4) is 5.75 Å². The van der Waals surface area contributed by atoms with E-state index in [2.05, 4.69) is 27.9 Å². The molecule has 31 heavy (non-hydrogen) atoms. The highest BCUT2D eigenvalue weighted by atomic mass is 19.3. The molecule has 164 valence electrons. The quantitative estimate of drug-likeness (QED) is 0.621. The van der Waals surface area contributed by atoms with E-state index in [4.69, 9.17) is 4.74 Å². The summed E-state index contributed by atoms with van der Waals surface area (Å²) in [5, 5.41) is 1.12. The van der Waals surface area contributed by atoms with Crippen molar-refractivity contribution in [1.82, 2.24) is 14.9 Å². The van der Waals surface area contributed by atoms with Gasteiger partial charge in [-0.1, -0.05) is 6.07 Å². The molecule has 7 heteroatoms. The third-order valence-corrected chi connectivity index (χ3v) is 7.15. The van der Waals surface area contributed by atoms with Gasteiger partial charge in [0.1, 0.15) is 5.75 Å². The number of aromatic amines is 2. The van der Waals surface area contributed by atoms with E-state index in [9.17, 15) is 13.6 Å². The van der Waals surface area contributed by atoms with E-state index in [1.165, 1.54) is 6.07 Å². The van der Waals surface area contributed by atoms with Crippen LogP contribution in [0.3, 0.4) is 0 Å². The lowest BCUT2D eigenvalue weighted by molar-refractivity contribution is -0.186. The maximum absolute atomic E-state index is 13.8. The third-order valence-electron chi connectivity index (χ3n) is 7.15. The molecule has 1 unspecified atom stereocenters. The van der Waals surface area contributed by atoms with E-state index < -0.39 is 5.92 Å². The number of halogens is 2. The van der Waals surface area contributed by atoms with Crippen LogP contribution in [0.2, 0.25) is 0 Å². The van der Waals surface area contributed by atoms with Crippen LogP contribution >= 0.6 is 0 Å². The molecular weight excluding hydrogens is 400 g/mol. The number of rotatable bonds is 4. The summed E-state index contributed by atoms with van der Waals surface area (Å²) < 4.78 is 33.3. The maximum atomic E-state index is 13.8. The van der Waals surface area contributed by atoms with Gasteiger partial charge >= 0.3 is 0 Å². The molecule has 2 N–H and O–H groups in total. The lowest BCUT2D eigenvalue weighted by atomic mass is 9.59. The van der Waals surface area contributed by atoms with Gasteiger partial charge in [0.25, 0.3) is 0 Å². The number of likely N-dealkylation sites (tertiary alicyclic amines) is 1. The van der Waals surface area contributed by atoms with E-state index in [1.807, 2.05) is 18.3 Å². The van der Waals surface area contributed by atoms with Crippen molar-refractivity contribution < 1.29 is 13.5 Å². The second-order valence-corrected chi connectivity index (χ2v) is 9.28. The van der Waals surface area contributed by atoms with E-state index in [0.29, 0.717) is 13.0 Å². The van der Waals surface area contributed by atoms with Crippen LogP contribution in [0.25, 0.3) is 10.9 Å². The van der Waals surface area contributed by atoms with Crippen LogP contribution in [0.5, 0.6) is 5.75 Å². The first-order valence-electron chi connectivity index (χ1n) is 10.7. The standard InChI is InChI=1S/C24H27F2N3O2/c1-15-9-20(31-2)18(17-5-7-27-22(15)17)12-29-8-6-23(13-24(25,26)14-23)10-19(29)16-3-4-21(30)28-11-16/h3-5,7,9,11,19,27H,6,8,10,12-14H2,1-2H3,(H,28,30). The Hall–Kier alpha value is -2.67. The molecule has 0 amide bonds. The number of fused-ring (bicyclic) bond motifs is 1. The minimum absolute atomic E-state index is 0.0381. The van der Waals surface area contributed by atoms with Crippen molar-refractivity contribution in [2.45, 2.75) is 51.1 Å². The monoisotopic (exact) mass is 427 g/mol. The van der Waals surface area contributed by atoms with E-state index in [0.717, 1.165) is 46.3 Å². The number of benzene rings is 1. The number of piperidine rings is 1. The van der Waals surface area contributed by atoms with Gasteiger partial charge in [0, 0.05) is 60.4 Å². The van der Waals surface area contributed by atoms with Gasteiger partial charge in [0.15, 0.2) is 0 Å². The number of aryl methyl sites for hydroxylation is 1. The van der Waals surface area contributed by atoms with Crippen molar-refractivity contribution in [2.75, 3.05) is 13.7 Å². The zero-order chi connectivity index (χ0) is 21.8. The van der Waals surface area contributed by atoms with Gasteiger partial charge in [-0.3, -0.25) is 9.69 Å². The zero-order valence-electron chi connectivity index (χ0n) is 17.8. The first-order chi connectivity index (χ1) is 14.8. The van der Waals surface area contributed by atoms with Crippen LogP contribution < -0.4 is 10.3 Å². The van der Waals surface area contributed by atoms with Gasteiger partial charge < -0.3 is 14.7 Å². The smallest absolute Gasteiger partial charge is 0.249 e. The molecule has 1 atom stereocenters. The molecule has 1 aromatic carbocycles. The molecule has 1 spiro atoms. The maximum Gasteiger partial charge on any atom is 0.249 e. The zero-order valence-corrected chi connectivity index (χ0v) is 17.8. The number of alkyl halides is 2. The molecule has 1 aliphatic carbocycles. The molecule has 1 saturated carbocycles. The second-order valence-electron chi connectivity index (χ2n) is 9.28. The Morgan fingerprint density at radius 1 is 1.23 bits per heavy atom. The highest BCUT2D eigenvalue weighted by molar-refractivity contribution is 5.88. The number of ether oxygens (including phenoxy) is 1. The fraction of sp³-hybridized carbons (Fsp3) is 0.458. The average Bonchev–Trinajstić information content (AvgIpc) is 3.21. The van der Waals surface area contributed by atoms with Crippen LogP contribution in [0.4, 0.5) is 8.78 Å². The largest absolute Gasteiger partial charge is 0.496 e. The molecule has 0 radical (unpaired) electrons. The summed E-state index contributed by atoms with van der Waals surface area (Å²) >= 11 is 0. The van der Waals surface area contributed by atoms with Gasteiger partial charge in [-0.25, -0.2) is 8.78 Å². The van der Waals surface area contributed by atoms with Crippen molar-refractivity contribution in [3.63, 3.8) is 0 Å². The van der Waals surface area contributed by atoms with Crippen LogP contribution in [0.15, 0.2) is 41.5 Å². The topological polar surface area (TPSA) is 61.1 Å². The first-order valence-corrected chi connectivity index (χ1v) is 10.7. The molecule has 3 heterocycles. The molecule has 1 saturated heterocycles. The Labute approximate surface area is 179 Å². The molecule has 2 fully saturated rings. The van der Waals surface area contributed by atoms with E-state index in [-0.39, 0.29) is 29.9 Å². The van der Waals surface area contributed by atoms with E-state index in [1.54, 1.807) is 13.3 Å². The van der Waals surface area contributed by atoms with Crippen molar-refractivity contribution in [1.29, 1.82) is 0 Å². The summed E-state index contributed by atoms with van der Waals surface area (Å²) in [6.45, 7) is 3.42. The van der Waals surface area contributed by atoms with Gasteiger partial charge in [-0.05, 0) is 55.0 Å². The van der Waals surface area contributed by atoms with Crippen molar-refractivity contribution in [2.24, 2.45) is 5.41 Å². The number of H-pyrrole nitrogens is 2. The summed E-state index contributed by atoms with van der Waals surface area (Å²) in [4.78, 5) is 20.0. The molecule has 0 bridgehead atoms. The molecule has 5 rings (SSSR count). The van der Waals surface area contributed by atoms with Crippen LogP contribution in [-0.4, -0.2) is 34.4 Å². The first kappa shape index (κ1) is 20.2. The minimum atomic E-state index is -2.55. The summed E-state index contributed by atoms with van der Waals surface area (Å²) in [5.41, 5.74) is 3.78. The number of pyridine rings is 1.